The molecule has 2 N–H and O–H groups in total. The normalized spacial score (nSPS) is 12.4. The number of azo groups is 1. The molecule has 11 heteroatoms. The van der Waals surface area contributed by atoms with Gasteiger partial charge in [0.1, 0.15) is 11.6 Å². The third-order valence-electron chi connectivity index (χ3n) is 5.81. The van der Waals surface area contributed by atoms with Gasteiger partial charge in [-0.2, -0.15) is 9.94 Å². The minimum atomic E-state index is -0.719. The van der Waals surface area contributed by atoms with Crippen molar-refractivity contribution in [3.05, 3.63) is 84.1 Å². The fraction of sp³-hybridized carbons (Fsp3) is 0.200. The number of carbonyl (C=O) groups excluding carboxylic acids is 2. The van der Waals surface area contributed by atoms with Crippen LogP contribution in [-0.2, 0) is 0 Å². The Hall–Kier alpha value is -4.00. The number of benzene rings is 2. The van der Waals surface area contributed by atoms with Crippen LogP contribution in [-0.4, -0.2) is 27.9 Å². The van der Waals surface area contributed by atoms with Crippen LogP contribution in [0.3, 0.4) is 0 Å². The molecule has 1 aliphatic rings. The molecule has 0 atom stereocenters. The number of nitrogens with one attached hydrogen (secondary N) is 1. The topological polar surface area (TPSA) is 137 Å². The van der Waals surface area contributed by atoms with E-state index in [1.165, 1.54) is 37.3 Å². The van der Waals surface area contributed by atoms with Gasteiger partial charge in [-0.1, -0.05) is 48.7 Å². The smallest absolute Gasteiger partial charge is 0.290 e. The fourth-order valence-electron chi connectivity index (χ4n) is 3.94. The summed E-state index contributed by atoms with van der Waals surface area (Å²) in [6.07, 6.45) is 1.56. The second-order valence-electron chi connectivity index (χ2n) is 8.02. The number of halogens is 2. The molecule has 36 heavy (non-hydrogen) atoms. The molecule has 0 aliphatic heterocycles. The van der Waals surface area contributed by atoms with Crippen molar-refractivity contribution in [2.24, 2.45) is 10.2 Å². The van der Waals surface area contributed by atoms with E-state index in [2.05, 4.69) is 15.7 Å². The third-order valence-corrected chi connectivity index (χ3v) is 6.44. The maximum Gasteiger partial charge on any atom is 0.290 e. The van der Waals surface area contributed by atoms with Crippen molar-refractivity contribution in [2.45, 2.75) is 26.7 Å². The first-order valence-corrected chi connectivity index (χ1v) is 11.7. The van der Waals surface area contributed by atoms with E-state index in [1.807, 2.05) is 13.0 Å². The second kappa shape index (κ2) is 9.93. The number of hydrogen-bond acceptors (Lipinski definition) is 8. The van der Waals surface area contributed by atoms with Crippen molar-refractivity contribution in [2.75, 3.05) is 12.0 Å². The number of unbranched alkanes of at least 4 members (excludes halogenated alkanes) is 1. The van der Waals surface area contributed by atoms with Crippen LogP contribution in [0.5, 0.6) is 5.88 Å². The molecule has 182 valence electrons. The van der Waals surface area contributed by atoms with Gasteiger partial charge in [0.25, 0.3) is 5.56 Å². The summed E-state index contributed by atoms with van der Waals surface area (Å²) in [5.74, 6) is -1.57. The molecule has 0 saturated carbocycles. The molecule has 0 unspecified atom stereocenters. The molecule has 0 radical (unpaired) electrons. The molecule has 1 aliphatic carbocycles. The first-order chi connectivity index (χ1) is 17.2. The SMILES string of the molecule is CCCCNn1c(O)c(/N=N/c2cccc3c2C(=O)c2c(Cl)ccc(Cl)c2C3=O)c(C)c(C#N)c1=O. The van der Waals surface area contributed by atoms with Crippen LogP contribution in [0.4, 0.5) is 11.4 Å². The van der Waals surface area contributed by atoms with Crippen molar-refractivity contribution in [1.29, 1.82) is 5.26 Å². The number of nitriles is 1. The number of carbonyl (C=O) groups is 2. The summed E-state index contributed by atoms with van der Waals surface area (Å²) in [5.41, 5.74) is 1.93. The van der Waals surface area contributed by atoms with E-state index < -0.39 is 23.0 Å². The Bertz CT molecular complexity index is 1570. The maximum atomic E-state index is 13.4. The van der Waals surface area contributed by atoms with Crippen LogP contribution < -0.4 is 11.0 Å². The lowest BCUT2D eigenvalue weighted by Gasteiger charge is -2.20. The van der Waals surface area contributed by atoms with Crippen LogP contribution in [0.15, 0.2) is 45.4 Å². The quantitative estimate of drug-likeness (QED) is 0.250. The highest BCUT2D eigenvalue weighted by atomic mass is 35.5. The number of aromatic nitrogens is 1. The summed E-state index contributed by atoms with van der Waals surface area (Å²) in [7, 11) is 0. The molecule has 1 aromatic heterocycles. The fourth-order valence-corrected chi connectivity index (χ4v) is 4.42. The number of fused-ring (bicyclic) bond motifs is 2. The predicted molar refractivity (Wildman–Crippen MR) is 135 cm³/mol. The Kier molecular flexibility index (Phi) is 6.93. The van der Waals surface area contributed by atoms with E-state index in [0.29, 0.717) is 6.54 Å². The van der Waals surface area contributed by atoms with E-state index in [1.54, 1.807) is 0 Å². The Morgan fingerprint density at radius 2 is 1.69 bits per heavy atom. The van der Waals surface area contributed by atoms with Gasteiger partial charge >= 0.3 is 0 Å². The van der Waals surface area contributed by atoms with Gasteiger partial charge in [0.15, 0.2) is 17.3 Å². The molecule has 1 heterocycles. The molecular weight excluding hydrogens is 505 g/mol. The van der Waals surface area contributed by atoms with Crippen molar-refractivity contribution in [3.8, 4) is 11.9 Å². The Morgan fingerprint density at radius 1 is 1.03 bits per heavy atom. The van der Waals surface area contributed by atoms with Crippen molar-refractivity contribution < 1.29 is 14.7 Å². The van der Waals surface area contributed by atoms with Crippen molar-refractivity contribution >= 4 is 46.1 Å². The largest absolute Gasteiger partial charge is 0.492 e. The summed E-state index contributed by atoms with van der Waals surface area (Å²) < 4.78 is 0.850. The second-order valence-corrected chi connectivity index (χ2v) is 8.84. The van der Waals surface area contributed by atoms with Gasteiger partial charge in [-0.3, -0.25) is 14.4 Å². The average molecular weight is 524 g/mol. The number of pyridine rings is 1. The van der Waals surface area contributed by atoms with Gasteiger partial charge < -0.3 is 10.5 Å². The maximum absolute atomic E-state index is 13.4. The van der Waals surface area contributed by atoms with Gasteiger partial charge in [0.2, 0.25) is 5.88 Å². The predicted octanol–water partition coefficient (Wildman–Crippen LogP) is 5.58. The average Bonchev–Trinajstić information content (AvgIpc) is 2.86. The highest BCUT2D eigenvalue weighted by Crippen LogP contribution is 2.40. The van der Waals surface area contributed by atoms with Crippen LogP contribution in [0, 0.1) is 18.3 Å². The highest BCUT2D eigenvalue weighted by molar-refractivity contribution is 6.43. The zero-order valence-corrected chi connectivity index (χ0v) is 20.7. The van der Waals surface area contributed by atoms with Gasteiger partial charge in [0, 0.05) is 17.7 Å². The van der Waals surface area contributed by atoms with Crippen molar-refractivity contribution in [3.63, 3.8) is 0 Å². The van der Waals surface area contributed by atoms with E-state index in [9.17, 15) is 24.8 Å². The van der Waals surface area contributed by atoms with E-state index in [0.717, 1.165) is 17.5 Å². The molecule has 3 aromatic rings. The molecular formula is C25H19Cl2N5O4. The lowest BCUT2D eigenvalue weighted by Crippen LogP contribution is -2.31. The zero-order chi connectivity index (χ0) is 26.1. The van der Waals surface area contributed by atoms with Crippen LogP contribution in [0.2, 0.25) is 10.0 Å². The van der Waals surface area contributed by atoms with E-state index in [-0.39, 0.29) is 54.8 Å². The third kappa shape index (κ3) is 4.04. The lowest BCUT2D eigenvalue weighted by molar-refractivity contribution is 0.0979. The minimum absolute atomic E-state index is 0.0186. The molecule has 0 spiro atoms. The monoisotopic (exact) mass is 523 g/mol. The number of nitrogens with zero attached hydrogens (tertiary/aromatic N) is 4. The van der Waals surface area contributed by atoms with Crippen LogP contribution >= 0.6 is 23.2 Å². The first kappa shape index (κ1) is 25.1. The highest BCUT2D eigenvalue weighted by Gasteiger charge is 2.35. The Morgan fingerprint density at radius 3 is 2.33 bits per heavy atom. The molecule has 9 nitrogen and oxygen atoms in total. The molecule has 2 aromatic carbocycles. The number of ketones is 2. The molecule has 0 saturated heterocycles. The summed E-state index contributed by atoms with van der Waals surface area (Å²) >= 11 is 12.4. The Labute approximate surface area is 215 Å². The molecule has 4 rings (SSSR count). The summed E-state index contributed by atoms with van der Waals surface area (Å²) in [5, 5.41) is 28.7. The minimum Gasteiger partial charge on any atom is -0.492 e. The number of aromatic hydroxyl groups is 1. The summed E-state index contributed by atoms with van der Waals surface area (Å²) in [6, 6.07) is 9.20. The number of hydrogen-bond donors (Lipinski definition) is 2. The zero-order valence-electron chi connectivity index (χ0n) is 19.2. The van der Waals surface area contributed by atoms with Gasteiger partial charge in [0.05, 0.1) is 32.4 Å². The van der Waals surface area contributed by atoms with Gasteiger partial charge in [-0.25, -0.2) is 0 Å². The molecule has 0 fully saturated rings. The Balaban J connectivity index is 1.86. The van der Waals surface area contributed by atoms with E-state index >= 15 is 0 Å². The van der Waals surface area contributed by atoms with Crippen LogP contribution in [0.1, 0.15) is 62.7 Å². The first-order valence-electron chi connectivity index (χ1n) is 11.0. The standard InChI is InChI=1S/C25H19Cl2N5O4/c1-3-4-10-29-32-24(35)14(11-28)12(2)21(25(32)36)31-30-17-7-5-6-13-18(17)23(34)20-16(27)9-8-15(26)19(20)22(13)33/h5-9,29,36H,3-4,10H2,1-2H3/b31-30+. The molecule has 0 amide bonds. The number of rotatable bonds is 6. The lowest BCUT2D eigenvalue weighted by atomic mass is 9.83. The summed E-state index contributed by atoms with van der Waals surface area (Å²) in [4.78, 5) is 39.2. The van der Waals surface area contributed by atoms with Gasteiger partial charge in [-0.05, 0) is 31.5 Å². The molecule has 0 bridgehead atoms. The van der Waals surface area contributed by atoms with Crippen LogP contribution in [0.25, 0.3) is 0 Å². The van der Waals surface area contributed by atoms with Crippen molar-refractivity contribution in [1.82, 2.24) is 4.68 Å². The summed E-state index contributed by atoms with van der Waals surface area (Å²) in [6.45, 7) is 3.80. The van der Waals surface area contributed by atoms with E-state index in [4.69, 9.17) is 23.2 Å². The van der Waals surface area contributed by atoms with Gasteiger partial charge in [-0.15, -0.1) is 10.2 Å².